The minimum absolute atomic E-state index is 0.0442. The van der Waals surface area contributed by atoms with Gasteiger partial charge in [0.2, 0.25) is 0 Å². The van der Waals surface area contributed by atoms with Crippen molar-refractivity contribution in [3.05, 3.63) is 105 Å². The molecule has 2 aromatic carbocycles. The molecule has 3 aromatic heterocycles. The van der Waals surface area contributed by atoms with Gasteiger partial charge in [-0.05, 0) is 49.4 Å². The smallest absolute Gasteiger partial charge is 0.382 e. The summed E-state index contributed by atoms with van der Waals surface area (Å²) in [6.45, 7) is 0.00518. The van der Waals surface area contributed by atoms with Crippen LogP contribution in [-0.2, 0) is 13.1 Å². The van der Waals surface area contributed by atoms with Crippen molar-refractivity contribution >= 4 is 23.4 Å². The van der Waals surface area contributed by atoms with E-state index in [0.29, 0.717) is 9.59 Å². The summed E-state index contributed by atoms with van der Waals surface area (Å²) in [5, 5.41) is 18.8. The molecule has 4 heterocycles. The number of carbonyl (C=O) groups is 2. The van der Waals surface area contributed by atoms with Crippen LogP contribution in [0.5, 0.6) is 0 Å². The lowest BCUT2D eigenvalue weighted by atomic mass is 10.1. The Hall–Kier alpha value is -5.22. The Balaban J connectivity index is 1.41. The Morgan fingerprint density at radius 3 is 2.13 bits per heavy atom. The van der Waals surface area contributed by atoms with E-state index in [1.54, 1.807) is 25.1 Å². The maximum Gasteiger partial charge on any atom is 0.416 e. The first-order valence-corrected chi connectivity index (χ1v) is 13.7. The summed E-state index contributed by atoms with van der Waals surface area (Å²) in [5.74, 6) is -1.18. The van der Waals surface area contributed by atoms with Crippen LogP contribution in [-0.4, -0.2) is 73.2 Å². The van der Waals surface area contributed by atoms with Crippen molar-refractivity contribution < 1.29 is 27.9 Å². The quantitative estimate of drug-likeness (QED) is 0.252. The molecule has 1 unspecified atom stereocenters. The molecule has 5 aromatic rings. The molecule has 0 saturated carbocycles. The standard InChI is InChI=1S/C28H21ClF3N9O4/c1-15(40-24(43)18-5-2-3-6-19(18)25(40)44)22-35-21(36-41(22)26-33-11-4-12-34-26)14-39-27(45)38(13-20(42)28(30,31)32)23(37-39)16-7-9-17(29)10-8-16/h2-12,15,20,42H,13-14H2,1H3/t15?,20-/m0/s1. The van der Waals surface area contributed by atoms with Gasteiger partial charge in [0.1, 0.15) is 6.54 Å². The first-order chi connectivity index (χ1) is 21.4. The van der Waals surface area contributed by atoms with Gasteiger partial charge in [0.05, 0.1) is 23.7 Å². The Labute approximate surface area is 256 Å². The summed E-state index contributed by atoms with van der Waals surface area (Å²) in [7, 11) is 0. The number of benzene rings is 2. The van der Waals surface area contributed by atoms with Gasteiger partial charge in [0.15, 0.2) is 23.6 Å². The SMILES string of the molecule is CC(c1nc(Cn2nc(-c3ccc(Cl)cc3)n(C[C@H](O)C(F)(F)F)c2=O)nn1-c1ncccn1)N1C(=O)c2ccccc2C1=O. The third-order valence-electron chi connectivity index (χ3n) is 7.05. The van der Waals surface area contributed by atoms with E-state index in [-0.39, 0.29) is 40.1 Å². The topological polar surface area (TPSA) is 154 Å². The number of imide groups is 1. The molecule has 0 bridgehead atoms. The summed E-state index contributed by atoms with van der Waals surface area (Å²) in [6.07, 6.45) is -4.96. The zero-order valence-corrected chi connectivity index (χ0v) is 23.9. The van der Waals surface area contributed by atoms with Gasteiger partial charge in [-0.1, -0.05) is 23.7 Å². The summed E-state index contributed by atoms with van der Waals surface area (Å²) in [6, 6.07) is 12.8. The fraction of sp³-hybridized carbons (Fsp3) is 0.214. The molecule has 13 nitrogen and oxygen atoms in total. The van der Waals surface area contributed by atoms with E-state index in [1.807, 2.05) is 0 Å². The van der Waals surface area contributed by atoms with Crippen LogP contribution < -0.4 is 5.69 Å². The van der Waals surface area contributed by atoms with E-state index in [1.165, 1.54) is 53.5 Å². The number of halogens is 4. The molecule has 0 aliphatic carbocycles. The van der Waals surface area contributed by atoms with Crippen molar-refractivity contribution in [2.45, 2.75) is 38.3 Å². The Bertz CT molecular complexity index is 1940. The van der Waals surface area contributed by atoms with Crippen LogP contribution in [0.2, 0.25) is 5.02 Å². The largest absolute Gasteiger partial charge is 0.416 e. The van der Waals surface area contributed by atoms with Gasteiger partial charge in [-0.3, -0.25) is 19.1 Å². The lowest BCUT2D eigenvalue weighted by Crippen LogP contribution is -2.37. The first-order valence-electron chi connectivity index (χ1n) is 13.3. The maximum absolute atomic E-state index is 13.4. The molecule has 0 radical (unpaired) electrons. The predicted octanol–water partition coefficient (Wildman–Crippen LogP) is 3.06. The van der Waals surface area contributed by atoms with E-state index in [2.05, 4.69) is 25.1 Å². The lowest BCUT2D eigenvalue weighted by Gasteiger charge is -2.21. The van der Waals surface area contributed by atoms with Gasteiger partial charge in [0, 0.05) is 23.0 Å². The second kappa shape index (κ2) is 11.4. The molecular formula is C28H21ClF3N9O4. The number of aromatic nitrogens is 8. The van der Waals surface area contributed by atoms with Crippen LogP contribution in [0.3, 0.4) is 0 Å². The molecule has 1 aliphatic heterocycles. The molecule has 45 heavy (non-hydrogen) atoms. The van der Waals surface area contributed by atoms with Crippen molar-refractivity contribution in [3.63, 3.8) is 0 Å². The van der Waals surface area contributed by atoms with Crippen molar-refractivity contribution in [1.29, 1.82) is 0 Å². The minimum atomic E-state index is -5.00. The molecule has 2 amide bonds. The summed E-state index contributed by atoms with van der Waals surface area (Å²) < 4.78 is 42.5. The molecule has 17 heteroatoms. The number of rotatable bonds is 8. The van der Waals surface area contributed by atoms with Crippen LogP contribution in [0.4, 0.5) is 13.2 Å². The van der Waals surface area contributed by atoms with E-state index < -0.39 is 48.9 Å². The molecule has 1 aliphatic rings. The average Bonchev–Trinajstić information content (AvgIpc) is 3.66. The third-order valence-corrected chi connectivity index (χ3v) is 7.31. The molecule has 6 rings (SSSR count). The predicted molar refractivity (Wildman–Crippen MR) is 150 cm³/mol. The lowest BCUT2D eigenvalue weighted by molar-refractivity contribution is -0.207. The maximum atomic E-state index is 13.4. The normalized spacial score (nSPS) is 14.6. The number of amides is 2. The Morgan fingerprint density at radius 2 is 1.53 bits per heavy atom. The number of hydrogen-bond acceptors (Lipinski definition) is 9. The number of nitrogens with zero attached hydrogens (tertiary/aromatic N) is 9. The van der Waals surface area contributed by atoms with Gasteiger partial charge in [-0.15, -0.1) is 10.2 Å². The second-order valence-corrected chi connectivity index (χ2v) is 10.4. The van der Waals surface area contributed by atoms with Gasteiger partial charge in [-0.25, -0.2) is 24.4 Å². The second-order valence-electron chi connectivity index (χ2n) is 9.99. The number of carbonyl (C=O) groups excluding carboxylic acids is 2. The highest BCUT2D eigenvalue weighted by Gasteiger charge is 2.41. The first kappa shape index (κ1) is 29.8. The van der Waals surface area contributed by atoms with Crippen molar-refractivity contribution in [2.75, 3.05) is 0 Å². The van der Waals surface area contributed by atoms with Gasteiger partial charge in [0.25, 0.3) is 17.8 Å². The number of aliphatic hydroxyl groups excluding tert-OH is 1. The van der Waals surface area contributed by atoms with E-state index >= 15 is 0 Å². The van der Waals surface area contributed by atoms with Crippen LogP contribution >= 0.6 is 11.6 Å². The Kier molecular flexibility index (Phi) is 7.54. The number of alkyl halides is 3. The third kappa shape index (κ3) is 5.49. The van der Waals surface area contributed by atoms with E-state index in [4.69, 9.17) is 11.6 Å². The summed E-state index contributed by atoms with van der Waals surface area (Å²) in [5.41, 5.74) is -0.264. The molecule has 2 atom stereocenters. The molecule has 0 saturated heterocycles. The van der Waals surface area contributed by atoms with Gasteiger partial charge >= 0.3 is 11.9 Å². The zero-order chi connectivity index (χ0) is 32.0. The van der Waals surface area contributed by atoms with Crippen molar-refractivity contribution in [2.24, 2.45) is 0 Å². The van der Waals surface area contributed by atoms with Crippen molar-refractivity contribution in [1.82, 2.24) is 44.0 Å². The average molecular weight is 640 g/mol. The summed E-state index contributed by atoms with van der Waals surface area (Å²) in [4.78, 5) is 53.7. The van der Waals surface area contributed by atoms with E-state index in [9.17, 15) is 32.7 Å². The van der Waals surface area contributed by atoms with E-state index in [0.717, 1.165) is 9.58 Å². The van der Waals surface area contributed by atoms with Crippen LogP contribution in [0.15, 0.2) is 71.8 Å². The van der Waals surface area contributed by atoms with Crippen LogP contribution in [0.25, 0.3) is 17.3 Å². The number of aliphatic hydroxyl groups is 1. The molecule has 0 fully saturated rings. The Morgan fingerprint density at radius 1 is 0.911 bits per heavy atom. The van der Waals surface area contributed by atoms with Crippen molar-refractivity contribution in [3.8, 4) is 17.3 Å². The molecular weight excluding hydrogens is 619 g/mol. The highest BCUT2D eigenvalue weighted by molar-refractivity contribution is 6.30. The fourth-order valence-corrected chi connectivity index (χ4v) is 4.99. The van der Waals surface area contributed by atoms with Gasteiger partial charge < -0.3 is 5.11 Å². The number of fused-ring (bicyclic) bond motifs is 1. The zero-order valence-electron chi connectivity index (χ0n) is 23.1. The number of hydrogen-bond donors (Lipinski definition) is 1. The van der Waals surface area contributed by atoms with Gasteiger partial charge in [-0.2, -0.15) is 17.9 Å². The van der Waals surface area contributed by atoms with Crippen LogP contribution in [0, 0.1) is 0 Å². The monoisotopic (exact) mass is 639 g/mol. The molecule has 230 valence electrons. The highest BCUT2D eigenvalue weighted by atomic mass is 35.5. The molecule has 1 N–H and O–H groups in total. The summed E-state index contributed by atoms with van der Waals surface area (Å²) >= 11 is 5.95. The minimum Gasteiger partial charge on any atom is -0.382 e. The highest BCUT2D eigenvalue weighted by Crippen LogP contribution is 2.31. The fourth-order valence-electron chi connectivity index (χ4n) is 4.86. The molecule has 0 spiro atoms. The van der Waals surface area contributed by atoms with Crippen LogP contribution in [0.1, 0.15) is 45.3 Å².